The Labute approximate surface area is 194 Å². The Hall–Kier alpha value is -3.64. The van der Waals surface area contributed by atoms with Crippen LogP contribution in [0.4, 0.5) is 4.79 Å². The second-order valence-electron chi connectivity index (χ2n) is 7.87. The SMILES string of the molecule is O=C(CC[C@@H](O)[C@H](Cc1ccccc1)NC(=O)OCc1ccccc1)NCc1ccccc1. The number of rotatable bonds is 11. The molecule has 3 aromatic carbocycles. The number of alkyl carbamates (subject to hydrolysis) is 1. The third-order valence-corrected chi connectivity index (χ3v) is 5.28. The van der Waals surface area contributed by atoms with E-state index in [0.717, 1.165) is 16.7 Å². The van der Waals surface area contributed by atoms with E-state index in [-0.39, 0.29) is 25.4 Å². The van der Waals surface area contributed by atoms with Crippen molar-refractivity contribution < 1.29 is 19.4 Å². The molecule has 0 fully saturated rings. The Morgan fingerprint density at radius 3 is 1.94 bits per heavy atom. The highest BCUT2D eigenvalue weighted by molar-refractivity contribution is 5.75. The number of benzene rings is 3. The van der Waals surface area contributed by atoms with Crippen molar-refractivity contribution in [2.45, 2.75) is 44.6 Å². The maximum absolute atomic E-state index is 12.4. The zero-order valence-corrected chi connectivity index (χ0v) is 18.5. The monoisotopic (exact) mass is 446 g/mol. The fraction of sp³-hybridized carbons (Fsp3) is 0.259. The van der Waals surface area contributed by atoms with E-state index in [0.29, 0.717) is 13.0 Å². The minimum absolute atomic E-state index is 0.142. The average molecular weight is 447 g/mol. The van der Waals surface area contributed by atoms with Gasteiger partial charge in [0.1, 0.15) is 6.61 Å². The van der Waals surface area contributed by atoms with Gasteiger partial charge < -0.3 is 20.5 Å². The van der Waals surface area contributed by atoms with Crippen LogP contribution in [0, 0.1) is 0 Å². The van der Waals surface area contributed by atoms with Crippen molar-refractivity contribution in [3.8, 4) is 0 Å². The number of ether oxygens (including phenoxy) is 1. The van der Waals surface area contributed by atoms with Crippen LogP contribution in [0.3, 0.4) is 0 Å². The first-order valence-electron chi connectivity index (χ1n) is 11.1. The summed E-state index contributed by atoms with van der Waals surface area (Å²) in [5.41, 5.74) is 2.86. The molecule has 172 valence electrons. The molecule has 0 unspecified atom stereocenters. The second kappa shape index (κ2) is 13.0. The van der Waals surface area contributed by atoms with E-state index in [9.17, 15) is 14.7 Å². The van der Waals surface area contributed by atoms with Gasteiger partial charge in [0.15, 0.2) is 0 Å². The van der Waals surface area contributed by atoms with E-state index in [1.807, 2.05) is 91.0 Å². The van der Waals surface area contributed by atoms with Gasteiger partial charge in [0.2, 0.25) is 5.91 Å². The van der Waals surface area contributed by atoms with Gasteiger partial charge in [-0.05, 0) is 29.5 Å². The predicted octanol–water partition coefficient (Wildman–Crippen LogP) is 3.98. The van der Waals surface area contributed by atoms with Crippen molar-refractivity contribution in [3.63, 3.8) is 0 Å². The zero-order chi connectivity index (χ0) is 23.3. The number of carbonyl (C=O) groups excluding carboxylic acids is 2. The van der Waals surface area contributed by atoms with Crippen LogP contribution in [-0.4, -0.2) is 29.3 Å². The van der Waals surface area contributed by atoms with Gasteiger partial charge in [0.25, 0.3) is 0 Å². The van der Waals surface area contributed by atoms with E-state index in [2.05, 4.69) is 10.6 Å². The summed E-state index contributed by atoms with van der Waals surface area (Å²) in [5.74, 6) is -0.150. The zero-order valence-electron chi connectivity index (χ0n) is 18.5. The lowest BCUT2D eigenvalue weighted by molar-refractivity contribution is -0.121. The molecule has 0 spiro atoms. The number of hydrogen-bond acceptors (Lipinski definition) is 4. The molecule has 0 bridgehead atoms. The van der Waals surface area contributed by atoms with Gasteiger partial charge in [0.05, 0.1) is 12.1 Å². The van der Waals surface area contributed by atoms with Gasteiger partial charge >= 0.3 is 6.09 Å². The van der Waals surface area contributed by atoms with Crippen LogP contribution in [0.2, 0.25) is 0 Å². The summed E-state index contributed by atoms with van der Waals surface area (Å²) in [5, 5.41) is 16.4. The van der Waals surface area contributed by atoms with Crippen LogP contribution in [0.15, 0.2) is 91.0 Å². The minimum Gasteiger partial charge on any atom is -0.445 e. The predicted molar refractivity (Wildman–Crippen MR) is 127 cm³/mol. The van der Waals surface area contributed by atoms with E-state index in [1.54, 1.807) is 0 Å². The number of carbonyl (C=O) groups is 2. The molecule has 0 aliphatic rings. The van der Waals surface area contributed by atoms with Gasteiger partial charge in [-0.25, -0.2) is 4.79 Å². The molecule has 3 rings (SSSR count). The lowest BCUT2D eigenvalue weighted by Crippen LogP contribution is -2.45. The van der Waals surface area contributed by atoms with Crippen LogP contribution < -0.4 is 10.6 Å². The second-order valence-corrected chi connectivity index (χ2v) is 7.87. The molecular weight excluding hydrogens is 416 g/mol. The molecule has 6 heteroatoms. The lowest BCUT2D eigenvalue weighted by Gasteiger charge is -2.24. The molecule has 6 nitrogen and oxygen atoms in total. The third-order valence-electron chi connectivity index (χ3n) is 5.28. The maximum Gasteiger partial charge on any atom is 0.407 e. The van der Waals surface area contributed by atoms with Gasteiger partial charge in [-0.3, -0.25) is 4.79 Å². The first-order valence-corrected chi connectivity index (χ1v) is 11.1. The average Bonchev–Trinajstić information content (AvgIpc) is 2.86. The van der Waals surface area contributed by atoms with Crippen molar-refractivity contribution in [1.29, 1.82) is 0 Å². The highest BCUT2D eigenvalue weighted by Crippen LogP contribution is 2.11. The van der Waals surface area contributed by atoms with Crippen molar-refractivity contribution in [2.75, 3.05) is 0 Å². The molecule has 0 aromatic heterocycles. The molecule has 0 saturated heterocycles. The Morgan fingerprint density at radius 2 is 1.33 bits per heavy atom. The summed E-state index contributed by atoms with van der Waals surface area (Å²) in [6.07, 6.45) is -0.713. The van der Waals surface area contributed by atoms with E-state index in [4.69, 9.17) is 4.74 Å². The van der Waals surface area contributed by atoms with E-state index < -0.39 is 18.2 Å². The van der Waals surface area contributed by atoms with E-state index >= 15 is 0 Å². The summed E-state index contributed by atoms with van der Waals surface area (Å²) in [6.45, 7) is 0.579. The van der Waals surface area contributed by atoms with Gasteiger partial charge in [-0.1, -0.05) is 91.0 Å². The minimum atomic E-state index is -0.906. The number of amides is 2. The fourth-order valence-electron chi connectivity index (χ4n) is 3.43. The number of nitrogens with one attached hydrogen (secondary N) is 2. The van der Waals surface area contributed by atoms with Crippen molar-refractivity contribution in [1.82, 2.24) is 10.6 Å². The molecule has 0 radical (unpaired) electrons. The first-order chi connectivity index (χ1) is 16.1. The molecule has 2 atom stereocenters. The number of hydrogen-bond donors (Lipinski definition) is 3. The summed E-state index contributed by atoms with van der Waals surface area (Å²) in [7, 11) is 0. The molecule has 33 heavy (non-hydrogen) atoms. The van der Waals surface area contributed by atoms with Crippen LogP contribution in [0.1, 0.15) is 29.5 Å². The Morgan fingerprint density at radius 1 is 0.788 bits per heavy atom. The third kappa shape index (κ3) is 8.79. The van der Waals surface area contributed by atoms with Crippen LogP contribution in [0.25, 0.3) is 0 Å². The Kier molecular flexibility index (Phi) is 9.48. The lowest BCUT2D eigenvalue weighted by atomic mass is 9.98. The molecule has 3 N–H and O–H groups in total. The topological polar surface area (TPSA) is 87.7 Å². The molecule has 3 aromatic rings. The smallest absolute Gasteiger partial charge is 0.407 e. The summed E-state index contributed by atoms with van der Waals surface area (Å²) in [4.78, 5) is 24.6. The Balaban J connectivity index is 1.52. The van der Waals surface area contributed by atoms with Crippen LogP contribution in [0.5, 0.6) is 0 Å². The van der Waals surface area contributed by atoms with Crippen molar-refractivity contribution in [3.05, 3.63) is 108 Å². The van der Waals surface area contributed by atoms with Gasteiger partial charge in [0, 0.05) is 13.0 Å². The summed E-state index contributed by atoms with van der Waals surface area (Å²) < 4.78 is 5.32. The molecular formula is C27H30N2O4. The molecule has 0 saturated carbocycles. The highest BCUT2D eigenvalue weighted by atomic mass is 16.5. The normalized spacial score (nSPS) is 12.4. The molecule has 0 aliphatic carbocycles. The Bertz CT molecular complexity index is 981. The van der Waals surface area contributed by atoms with Crippen LogP contribution in [-0.2, 0) is 29.1 Å². The first kappa shape index (κ1) is 24.0. The van der Waals surface area contributed by atoms with E-state index in [1.165, 1.54) is 0 Å². The van der Waals surface area contributed by atoms with Gasteiger partial charge in [-0.15, -0.1) is 0 Å². The summed E-state index contributed by atoms with van der Waals surface area (Å²) >= 11 is 0. The number of aliphatic hydroxyl groups excluding tert-OH is 1. The standard InChI is InChI=1S/C27H30N2O4/c30-25(16-17-26(31)28-19-22-12-6-2-7-13-22)24(18-21-10-4-1-5-11-21)29-27(32)33-20-23-14-8-3-9-15-23/h1-15,24-25,30H,16-20H2,(H,28,31)(H,29,32)/t24-,25+/m0/s1. The van der Waals surface area contributed by atoms with Crippen molar-refractivity contribution >= 4 is 12.0 Å². The van der Waals surface area contributed by atoms with Crippen LogP contribution >= 0.6 is 0 Å². The quantitative estimate of drug-likeness (QED) is 0.416. The number of aliphatic hydroxyl groups is 1. The molecule has 0 aliphatic heterocycles. The van der Waals surface area contributed by atoms with Crippen molar-refractivity contribution in [2.24, 2.45) is 0 Å². The fourth-order valence-corrected chi connectivity index (χ4v) is 3.43. The largest absolute Gasteiger partial charge is 0.445 e. The molecule has 0 heterocycles. The summed E-state index contributed by atoms with van der Waals surface area (Å²) in [6, 6.07) is 28.0. The maximum atomic E-state index is 12.4. The highest BCUT2D eigenvalue weighted by Gasteiger charge is 2.23. The van der Waals surface area contributed by atoms with Gasteiger partial charge in [-0.2, -0.15) is 0 Å². The molecule has 2 amide bonds.